The van der Waals surface area contributed by atoms with Gasteiger partial charge in [0.1, 0.15) is 0 Å². The molecule has 3 heterocycles. The fourth-order valence-electron chi connectivity index (χ4n) is 3.97. The zero-order chi connectivity index (χ0) is 12.4. The van der Waals surface area contributed by atoms with Crippen LogP contribution in [0.15, 0.2) is 0 Å². The van der Waals surface area contributed by atoms with Crippen molar-refractivity contribution in [3.8, 4) is 0 Å². The molecule has 0 aromatic heterocycles. The molecular weight excluding hydrogens is 226 g/mol. The number of fused-ring (bicyclic) bond motifs is 2. The topological polar surface area (TPSA) is 41.7 Å². The minimum atomic E-state index is 0.458. The normalized spacial score (nSPS) is 38.8. The van der Waals surface area contributed by atoms with Gasteiger partial charge in [-0.15, -0.1) is 0 Å². The monoisotopic (exact) mass is 253 g/mol. The van der Waals surface area contributed by atoms with Crippen molar-refractivity contribution in [2.24, 2.45) is 5.73 Å². The smallest absolute Gasteiger partial charge is 0.0594 e. The molecule has 2 N–H and O–H groups in total. The fraction of sp³-hybridized carbons (Fsp3) is 1.00. The molecule has 4 nitrogen and oxygen atoms in total. The molecule has 104 valence electrons. The van der Waals surface area contributed by atoms with Gasteiger partial charge in [0.05, 0.1) is 13.2 Å². The molecule has 3 rings (SSSR count). The first-order valence-electron chi connectivity index (χ1n) is 7.64. The summed E-state index contributed by atoms with van der Waals surface area (Å²) in [7, 11) is 0. The van der Waals surface area contributed by atoms with Crippen molar-refractivity contribution in [3.05, 3.63) is 0 Å². The molecule has 2 bridgehead atoms. The summed E-state index contributed by atoms with van der Waals surface area (Å²) < 4.78 is 5.41. The van der Waals surface area contributed by atoms with Gasteiger partial charge in [-0.1, -0.05) is 6.42 Å². The Balaban J connectivity index is 1.51. The van der Waals surface area contributed by atoms with E-state index in [1.165, 1.54) is 45.2 Å². The summed E-state index contributed by atoms with van der Waals surface area (Å²) >= 11 is 0. The summed E-state index contributed by atoms with van der Waals surface area (Å²) in [4.78, 5) is 5.32. The Morgan fingerprint density at radius 3 is 2.33 bits per heavy atom. The Labute approximate surface area is 110 Å². The Morgan fingerprint density at radius 1 is 1.00 bits per heavy atom. The second kappa shape index (κ2) is 5.87. The van der Waals surface area contributed by atoms with Crippen LogP contribution < -0.4 is 5.73 Å². The second-order valence-corrected chi connectivity index (χ2v) is 6.16. The third-order valence-electron chi connectivity index (χ3n) is 4.94. The Kier molecular flexibility index (Phi) is 4.19. The fourth-order valence-corrected chi connectivity index (χ4v) is 3.97. The van der Waals surface area contributed by atoms with Crippen LogP contribution in [-0.4, -0.2) is 67.3 Å². The highest BCUT2D eigenvalue weighted by atomic mass is 16.5. The van der Waals surface area contributed by atoms with Crippen LogP contribution in [0.1, 0.15) is 32.1 Å². The van der Waals surface area contributed by atoms with E-state index in [2.05, 4.69) is 9.80 Å². The van der Waals surface area contributed by atoms with Gasteiger partial charge in [0.25, 0.3) is 0 Å². The van der Waals surface area contributed by atoms with E-state index in [0.717, 1.165) is 38.4 Å². The van der Waals surface area contributed by atoms with E-state index in [9.17, 15) is 0 Å². The Bertz CT molecular complexity index is 254. The van der Waals surface area contributed by atoms with Gasteiger partial charge in [0, 0.05) is 44.3 Å². The van der Waals surface area contributed by atoms with Crippen LogP contribution in [0.5, 0.6) is 0 Å². The van der Waals surface area contributed by atoms with Crippen LogP contribution in [0.3, 0.4) is 0 Å². The van der Waals surface area contributed by atoms with E-state index in [-0.39, 0.29) is 0 Å². The summed E-state index contributed by atoms with van der Waals surface area (Å²) in [6, 6.07) is 2.00. The third-order valence-corrected chi connectivity index (χ3v) is 4.94. The van der Waals surface area contributed by atoms with Crippen LogP contribution in [0.25, 0.3) is 0 Å². The highest BCUT2D eigenvalue weighted by molar-refractivity contribution is 4.94. The van der Waals surface area contributed by atoms with Crippen molar-refractivity contribution in [1.82, 2.24) is 9.80 Å². The van der Waals surface area contributed by atoms with E-state index >= 15 is 0 Å². The van der Waals surface area contributed by atoms with Crippen LogP contribution in [0, 0.1) is 0 Å². The molecule has 0 saturated carbocycles. The van der Waals surface area contributed by atoms with E-state index in [0.29, 0.717) is 6.04 Å². The highest BCUT2D eigenvalue weighted by Gasteiger charge is 2.36. The van der Waals surface area contributed by atoms with E-state index in [1.807, 2.05) is 0 Å². The molecule has 0 aliphatic carbocycles. The molecule has 0 aromatic rings. The quantitative estimate of drug-likeness (QED) is 0.802. The van der Waals surface area contributed by atoms with Gasteiger partial charge in [-0.05, 0) is 25.7 Å². The lowest BCUT2D eigenvalue weighted by Crippen LogP contribution is -2.57. The van der Waals surface area contributed by atoms with Crippen molar-refractivity contribution >= 4 is 0 Å². The number of hydrogen-bond acceptors (Lipinski definition) is 4. The number of nitrogens with zero attached hydrogens (tertiary/aromatic N) is 2. The number of hydrogen-bond donors (Lipinski definition) is 1. The first kappa shape index (κ1) is 12.9. The van der Waals surface area contributed by atoms with Gasteiger partial charge in [-0.25, -0.2) is 0 Å². The summed E-state index contributed by atoms with van der Waals surface area (Å²) in [5, 5.41) is 0. The highest BCUT2D eigenvalue weighted by Crippen LogP contribution is 2.33. The molecule has 0 spiro atoms. The lowest BCUT2D eigenvalue weighted by Gasteiger charge is -2.48. The summed E-state index contributed by atoms with van der Waals surface area (Å²) in [6.45, 7) is 6.51. The van der Waals surface area contributed by atoms with Crippen molar-refractivity contribution in [2.75, 3.05) is 39.4 Å². The maximum absolute atomic E-state index is 6.17. The predicted molar refractivity (Wildman–Crippen MR) is 72.6 cm³/mol. The van der Waals surface area contributed by atoms with E-state index in [4.69, 9.17) is 10.5 Å². The van der Waals surface area contributed by atoms with Crippen LogP contribution in [0.4, 0.5) is 0 Å². The molecule has 3 saturated heterocycles. The van der Waals surface area contributed by atoms with Crippen molar-refractivity contribution in [1.29, 1.82) is 0 Å². The third kappa shape index (κ3) is 2.87. The lowest BCUT2D eigenvalue weighted by atomic mass is 9.82. The molecule has 3 aliphatic rings. The SMILES string of the molecule is NC1CC2CCCC(C1)N2CCN1CCOCC1. The van der Waals surface area contributed by atoms with Crippen LogP contribution in [0.2, 0.25) is 0 Å². The van der Waals surface area contributed by atoms with Gasteiger partial charge < -0.3 is 10.5 Å². The van der Waals surface area contributed by atoms with Crippen molar-refractivity contribution in [2.45, 2.75) is 50.2 Å². The minimum Gasteiger partial charge on any atom is -0.379 e. The number of piperidine rings is 2. The average Bonchev–Trinajstić information content (AvgIpc) is 2.37. The second-order valence-electron chi connectivity index (χ2n) is 6.16. The Hall–Kier alpha value is -0.160. The molecule has 4 heteroatoms. The predicted octanol–water partition coefficient (Wildman–Crippen LogP) is 0.663. The van der Waals surface area contributed by atoms with Crippen LogP contribution >= 0.6 is 0 Å². The number of ether oxygens (including phenoxy) is 1. The molecule has 0 radical (unpaired) electrons. The molecule has 3 fully saturated rings. The molecule has 2 unspecified atom stereocenters. The largest absolute Gasteiger partial charge is 0.379 e. The van der Waals surface area contributed by atoms with Gasteiger partial charge in [-0.3, -0.25) is 9.80 Å². The first-order chi connectivity index (χ1) is 8.83. The maximum atomic E-state index is 6.17. The molecule has 18 heavy (non-hydrogen) atoms. The van der Waals surface area contributed by atoms with Crippen molar-refractivity contribution < 1.29 is 4.74 Å². The van der Waals surface area contributed by atoms with Crippen molar-refractivity contribution in [3.63, 3.8) is 0 Å². The number of nitrogens with two attached hydrogens (primary N) is 1. The molecular formula is C14H27N3O. The Morgan fingerprint density at radius 2 is 1.67 bits per heavy atom. The molecule has 0 aromatic carbocycles. The summed E-state index contributed by atoms with van der Waals surface area (Å²) in [6.07, 6.45) is 6.59. The summed E-state index contributed by atoms with van der Waals surface area (Å²) in [5.74, 6) is 0. The summed E-state index contributed by atoms with van der Waals surface area (Å²) in [5.41, 5.74) is 6.17. The van der Waals surface area contributed by atoms with E-state index in [1.54, 1.807) is 0 Å². The zero-order valence-corrected chi connectivity index (χ0v) is 11.4. The number of morpholine rings is 1. The minimum absolute atomic E-state index is 0.458. The molecule has 3 aliphatic heterocycles. The molecule has 0 amide bonds. The van der Waals surface area contributed by atoms with Gasteiger partial charge >= 0.3 is 0 Å². The van der Waals surface area contributed by atoms with E-state index < -0.39 is 0 Å². The average molecular weight is 253 g/mol. The molecule has 2 atom stereocenters. The first-order valence-corrected chi connectivity index (χ1v) is 7.64. The lowest BCUT2D eigenvalue weighted by molar-refractivity contribution is 0.00210. The maximum Gasteiger partial charge on any atom is 0.0594 e. The van der Waals surface area contributed by atoms with Gasteiger partial charge in [-0.2, -0.15) is 0 Å². The standard InChI is InChI=1S/C14H27N3O/c15-12-10-13-2-1-3-14(11-12)17(13)5-4-16-6-8-18-9-7-16/h12-14H,1-11,15H2. The van der Waals surface area contributed by atoms with Gasteiger partial charge in [0.2, 0.25) is 0 Å². The van der Waals surface area contributed by atoms with Gasteiger partial charge in [0.15, 0.2) is 0 Å². The zero-order valence-electron chi connectivity index (χ0n) is 11.4. The number of rotatable bonds is 3. The van der Waals surface area contributed by atoms with Crippen LogP contribution in [-0.2, 0) is 4.74 Å².